The lowest BCUT2D eigenvalue weighted by atomic mass is 9.90. The number of fused-ring (bicyclic) bond motifs is 1. The zero-order valence-corrected chi connectivity index (χ0v) is 20.5. The third-order valence-electron chi connectivity index (χ3n) is 5.89. The Kier molecular flexibility index (Phi) is 5.68. The van der Waals surface area contributed by atoms with E-state index in [1.165, 1.54) is 0 Å². The number of alkyl halides is 1. The quantitative estimate of drug-likeness (QED) is 0.297. The first-order valence-electron chi connectivity index (χ1n) is 10.4. The Morgan fingerprint density at radius 1 is 0.912 bits per heavy atom. The van der Waals surface area contributed by atoms with Gasteiger partial charge in [0.15, 0.2) is 4.87 Å². The topological polar surface area (TPSA) is 65.6 Å². The van der Waals surface area contributed by atoms with Crippen molar-refractivity contribution in [2.75, 3.05) is 0 Å². The highest BCUT2D eigenvalue weighted by atomic mass is 35.5. The van der Waals surface area contributed by atoms with E-state index in [-0.39, 0.29) is 5.56 Å². The van der Waals surface area contributed by atoms with Gasteiger partial charge in [0.25, 0.3) is 5.56 Å². The van der Waals surface area contributed by atoms with E-state index >= 15 is 0 Å². The molecule has 3 heterocycles. The van der Waals surface area contributed by atoms with Crippen LogP contribution < -0.4 is 5.56 Å². The van der Waals surface area contributed by atoms with Gasteiger partial charge in [0.1, 0.15) is 0 Å². The van der Waals surface area contributed by atoms with Crippen LogP contribution in [0.4, 0.5) is 0 Å². The van der Waals surface area contributed by atoms with Crippen molar-refractivity contribution in [2.45, 2.75) is 4.87 Å². The van der Waals surface area contributed by atoms with E-state index in [9.17, 15) is 4.79 Å². The van der Waals surface area contributed by atoms with Crippen molar-refractivity contribution >= 4 is 45.8 Å². The van der Waals surface area contributed by atoms with Crippen molar-refractivity contribution in [3.05, 3.63) is 110 Å². The molecule has 170 valence electrons. The summed E-state index contributed by atoms with van der Waals surface area (Å²) < 4.78 is 3.18. The highest BCUT2D eigenvalue weighted by molar-refractivity contribution is 6.31. The number of rotatable bonds is 4. The van der Waals surface area contributed by atoms with Crippen LogP contribution in [0.3, 0.4) is 0 Å². The number of halogens is 3. The molecule has 0 radical (unpaired) electrons. The van der Waals surface area contributed by atoms with Crippen LogP contribution in [0.1, 0.15) is 17.0 Å². The monoisotopic (exact) mass is 509 g/mol. The van der Waals surface area contributed by atoms with Crippen molar-refractivity contribution in [2.24, 2.45) is 14.1 Å². The van der Waals surface area contributed by atoms with Crippen LogP contribution in [0.15, 0.2) is 77.7 Å². The Hall–Kier alpha value is -3.19. The van der Waals surface area contributed by atoms with Crippen LogP contribution in [0.5, 0.6) is 0 Å². The summed E-state index contributed by atoms with van der Waals surface area (Å²) >= 11 is 19.8. The standard InChI is InChI=1S/C25H18Cl3N5O/c1-32-20-10-11-21(30-24(20)19(13-23(32)34)15-4-3-5-18(27)12-15)25(28,22-14-29-31-33(22)2)16-6-8-17(26)9-7-16/h3-14H,1-2H3/t25-/m1/s1. The maximum Gasteiger partial charge on any atom is 0.251 e. The first-order chi connectivity index (χ1) is 16.3. The van der Waals surface area contributed by atoms with Gasteiger partial charge in [0.2, 0.25) is 0 Å². The lowest BCUT2D eigenvalue weighted by Gasteiger charge is -2.27. The molecule has 0 saturated heterocycles. The summed E-state index contributed by atoms with van der Waals surface area (Å²) in [4.78, 5) is 16.5. The minimum Gasteiger partial charge on any atom is -0.310 e. The Morgan fingerprint density at radius 3 is 2.35 bits per heavy atom. The molecule has 0 bridgehead atoms. The zero-order valence-electron chi connectivity index (χ0n) is 18.2. The van der Waals surface area contributed by atoms with Crippen LogP contribution in [-0.4, -0.2) is 24.5 Å². The van der Waals surface area contributed by atoms with E-state index in [0.29, 0.717) is 38.0 Å². The smallest absolute Gasteiger partial charge is 0.251 e. The van der Waals surface area contributed by atoms with Gasteiger partial charge in [-0.15, -0.1) is 16.7 Å². The fraction of sp³-hybridized carbons (Fsp3) is 0.120. The van der Waals surface area contributed by atoms with E-state index in [2.05, 4.69) is 10.3 Å². The Bertz CT molecular complexity index is 1590. The molecule has 0 spiro atoms. The van der Waals surface area contributed by atoms with Gasteiger partial charge in [-0.05, 0) is 47.5 Å². The Morgan fingerprint density at radius 2 is 1.68 bits per heavy atom. The molecular formula is C25H18Cl3N5O. The number of hydrogen-bond acceptors (Lipinski definition) is 4. The average Bonchev–Trinajstić information content (AvgIpc) is 3.27. The molecule has 6 nitrogen and oxygen atoms in total. The number of hydrogen-bond donors (Lipinski definition) is 0. The van der Waals surface area contributed by atoms with E-state index in [0.717, 1.165) is 11.1 Å². The fourth-order valence-electron chi connectivity index (χ4n) is 4.10. The zero-order chi connectivity index (χ0) is 24.0. The van der Waals surface area contributed by atoms with Gasteiger partial charge in [-0.25, -0.2) is 9.67 Å². The van der Waals surface area contributed by atoms with Crippen molar-refractivity contribution in [3.63, 3.8) is 0 Å². The van der Waals surface area contributed by atoms with Crippen molar-refractivity contribution in [1.82, 2.24) is 24.5 Å². The molecule has 9 heteroatoms. The van der Waals surface area contributed by atoms with Gasteiger partial charge in [0, 0.05) is 35.8 Å². The Balaban J connectivity index is 1.84. The third-order valence-corrected chi connectivity index (χ3v) is 6.98. The first kappa shape index (κ1) is 22.6. The molecule has 2 aromatic carbocycles. The average molecular weight is 511 g/mol. The molecule has 0 saturated carbocycles. The molecule has 0 fully saturated rings. The molecule has 34 heavy (non-hydrogen) atoms. The highest BCUT2D eigenvalue weighted by Crippen LogP contribution is 2.43. The van der Waals surface area contributed by atoms with Gasteiger partial charge < -0.3 is 4.57 Å². The number of pyridine rings is 2. The van der Waals surface area contributed by atoms with Gasteiger partial charge in [-0.3, -0.25) is 4.79 Å². The summed E-state index contributed by atoms with van der Waals surface area (Å²) in [5.41, 5.74) is 4.54. The number of aryl methyl sites for hydroxylation is 2. The minimum absolute atomic E-state index is 0.150. The van der Waals surface area contributed by atoms with Crippen molar-refractivity contribution < 1.29 is 0 Å². The van der Waals surface area contributed by atoms with Crippen LogP contribution in [-0.2, 0) is 19.0 Å². The lowest BCUT2D eigenvalue weighted by Crippen LogP contribution is -2.27. The summed E-state index contributed by atoms with van der Waals surface area (Å²) in [6, 6.07) is 19.8. The van der Waals surface area contributed by atoms with Crippen LogP contribution in [0, 0.1) is 0 Å². The first-order valence-corrected chi connectivity index (χ1v) is 11.5. The van der Waals surface area contributed by atoms with Gasteiger partial charge in [0.05, 0.1) is 28.6 Å². The second kappa shape index (κ2) is 8.55. The van der Waals surface area contributed by atoms with Crippen molar-refractivity contribution in [3.8, 4) is 11.1 Å². The predicted molar refractivity (Wildman–Crippen MR) is 136 cm³/mol. The molecule has 0 aliphatic carbocycles. The maximum absolute atomic E-state index is 12.7. The molecule has 5 rings (SSSR count). The predicted octanol–water partition coefficient (Wildman–Crippen LogP) is 5.57. The number of aromatic nitrogens is 5. The molecule has 3 aromatic heterocycles. The van der Waals surface area contributed by atoms with E-state index in [1.54, 1.807) is 53.8 Å². The minimum atomic E-state index is -1.21. The van der Waals surface area contributed by atoms with Crippen LogP contribution >= 0.6 is 34.8 Å². The summed E-state index contributed by atoms with van der Waals surface area (Å²) in [5.74, 6) is 0. The number of benzene rings is 2. The molecule has 0 N–H and O–H groups in total. The maximum atomic E-state index is 12.7. The van der Waals surface area contributed by atoms with Crippen molar-refractivity contribution in [1.29, 1.82) is 0 Å². The lowest BCUT2D eigenvalue weighted by molar-refractivity contribution is 0.643. The normalized spacial score (nSPS) is 13.2. The molecule has 0 aliphatic heterocycles. The van der Waals surface area contributed by atoms with Gasteiger partial charge in [-0.1, -0.05) is 52.7 Å². The summed E-state index contributed by atoms with van der Waals surface area (Å²) in [5, 5.41) is 9.28. The third kappa shape index (κ3) is 3.68. The van der Waals surface area contributed by atoms with Crippen LogP contribution in [0.25, 0.3) is 22.2 Å². The summed E-state index contributed by atoms with van der Waals surface area (Å²) in [7, 11) is 3.49. The van der Waals surface area contributed by atoms with Gasteiger partial charge in [-0.2, -0.15) is 0 Å². The largest absolute Gasteiger partial charge is 0.310 e. The Labute approximate surface area is 210 Å². The van der Waals surface area contributed by atoms with E-state index in [1.807, 2.05) is 42.5 Å². The van der Waals surface area contributed by atoms with E-state index < -0.39 is 4.87 Å². The highest BCUT2D eigenvalue weighted by Gasteiger charge is 2.39. The molecule has 0 amide bonds. The molecule has 0 aliphatic rings. The number of nitrogens with zero attached hydrogens (tertiary/aromatic N) is 5. The SMILES string of the molecule is Cn1nncc1[C@@](Cl)(c1ccc(Cl)cc1)c1ccc2c(n1)c(-c1cccc(Cl)c1)cc(=O)n2C. The molecule has 5 aromatic rings. The second-order valence-electron chi connectivity index (χ2n) is 7.94. The van der Waals surface area contributed by atoms with Gasteiger partial charge >= 0.3 is 0 Å². The second-order valence-corrected chi connectivity index (χ2v) is 9.38. The molecule has 0 unspecified atom stereocenters. The fourth-order valence-corrected chi connectivity index (χ4v) is 4.82. The molecular weight excluding hydrogens is 493 g/mol. The molecule has 1 atom stereocenters. The van der Waals surface area contributed by atoms with E-state index in [4.69, 9.17) is 39.8 Å². The summed E-state index contributed by atoms with van der Waals surface area (Å²) in [6.07, 6.45) is 1.62. The van der Waals surface area contributed by atoms with Crippen LogP contribution in [0.2, 0.25) is 10.0 Å². The summed E-state index contributed by atoms with van der Waals surface area (Å²) in [6.45, 7) is 0.